The van der Waals surface area contributed by atoms with Crippen molar-refractivity contribution in [3.8, 4) is 0 Å². The number of piperazine rings is 1. The van der Waals surface area contributed by atoms with Crippen molar-refractivity contribution >= 4 is 16.8 Å². The van der Waals surface area contributed by atoms with E-state index in [1.807, 2.05) is 40.0 Å². The van der Waals surface area contributed by atoms with Crippen molar-refractivity contribution in [1.82, 2.24) is 29.8 Å². The fraction of sp³-hybridized carbons (Fsp3) is 0.346. The lowest BCUT2D eigenvalue weighted by molar-refractivity contribution is -0.132. The van der Waals surface area contributed by atoms with E-state index in [4.69, 9.17) is 4.74 Å². The molecule has 1 unspecified atom stereocenters. The lowest BCUT2D eigenvalue weighted by atomic mass is 10.1. The Balaban J connectivity index is 1.04. The van der Waals surface area contributed by atoms with E-state index in [1.165, 1.54) is 12.1 Å². The molecule has 2 aromatic heterocycles. The van der Waals surface area contributed by atoms with Crippen LogP contribution in [0.2, 0.25) is 0 Å². The molecular formula is C26H27FN6O2. The molecule has 6 rings (SSSR count). The van der Waals surface area contributed by atoms with Crippen molar-refractivity contribution in [2.45, 2.75) is 32.2 Å². The van der Waals surface area contributed by atoms with E-state index in [0.29, 0.717) is 39.2 Å². The van der Waals surface area contributed by atoms with Gasteiger partial charge in [0.2, 0.25) is 5.91 Å². The number of para-hydroxylation sites is 1. The number of carbonyl (C=O) groups excluding carboxylic acids is 1. The van der Waals surface area contributed by atoms with E-state index in [0.717, 1.165) is 46.5 Å². The van der Waals surface area contributed by atoms with Crippen molar-refractivity contribution in [1.29, 1.82) is 0 Å². The van der Waals surface area contributed by atoms with Gasteiger partial charge in [0.1, 0.15) is 17.6 Å². The molecule has 0 saturated carbocycles. The average molecular weight is 475 g/mol. The van der Waals surface area contributed by atoms with Gasteiger partial charge < -0.3 is 14.6 Å². The van der Waals surface area contributed by atoms with E-state index < -0.39 is 0 Å². The van der Waals surface area contributed by atoms with E-state index in [1.54, 1.807) is 6.07 Å². The monoisotopic (exact) mass is 474 g/mol. The molecular weight excluding hydrogens is 447 g/mol. The molecule has 180 valence electrons. The Morgan fingerprint density at radius 1 is 1.11 bits per heavy atom. The first-order valence-corrected chi connectivity index (χ1v) is 12.0. The van der Waals surface area contributed by atoms with Crippen LogP contribution in [0.25, 0.3) is 10.9 Å². The molecule has 4 heterocycles. The number of hydrogen-bond donors (Lipinski definition) is 1. The summed E-state index contributed by atoms with van der Waals surface area (Å²) in [6, 6.07) is 14.6. The highest BCUT2D eigenvalue weighted by Gasteiger charge is 2.27. The molecule has 9 heteroatoms. The molecule has 1 saturated heterocycles. The van der Waals surface area contributed by atoms with Crippen LogP contribution in [0, 0.1) is 5.82 Å². The predicted molar refractivity (Wildman–Crippen MR) is 128 cm³/mol. The van der Waals surface area contributed by atoms with Gasteiger partial charge in [-0.05, 0) is 29.3 Å². The molecule has 2 aliphatic heterocycles. The Kier molecular flexibility index (Phi) is 5.79. The number of benzene rings is 2. The first-order valence-electron chi connectivity index (χ1n) is 12.0. The number of rotatable bonds is 5. The number of nitrogens with one attached hydrogen (secondary N) is 1. The first kappa shape index (κ1) is 21.9. The summed E-state index contributed by atoms with van der Waals surface area (Å²) in [4.78, 5) is 20.4. The summed E-state index contributed by atoms with van der Waals surface area (Å²) in [6.07, 6.45) is 2.11. The van der Waals surface area contributed by atoms with E-state index in [2.05, 4.69) is 26.3 Å². The number of ether oxygens (including phenoxy) is 1. The van der Waals surface area contributed by atoms with Gasteiger partial charge in [-0.15, -0.1) is 5.10 Å². The summed E-state index contributed by atoms with van der Waals surface area (Å²) in [5.74, 6) is -0.109. The van der Waals surface area contributed by atoms with Crippen molar-refractivity contribution in [3.63, 3.8) is 0 Å². The van der Waals surface area contributed by atoms with Crippen molar-refractivity contribution in [3.05, 3.63) is 83.1 Å². The second-order valence-corrected chi connectivity index (χ2v) is 9.21. The van der Waals surface area contributed by atoms with Crippen LogP contribution in [-0.2, 0) is 35.6 Å². The Labute approximate surface area is 202 Å². The SMILES string of the molecule is O=C(Cc1c[nH]c2ccccc12)N1CCN(Cc2nnn3c2COC(c2cccc(F)c2)C3)CC1. The van der Waals surface area contributed by atoms with Gasteiger partial charge in [-0.3, -0.25) is 9.69 Å². The maximum absolute atomic E-state index is 13.6. The highest BCUT2D eigenvalue weighted by molar-refractivity contribution is 5.88. The Hall–Kier alpha value is -3.56. The summed E-state index contributed by atoms with van der Waals surface area (Å²) in [6.45, 7) is 4.56. The van der Waals surface area contributed by atoms with Gasteiger partial charge in [0, 0.05) is 49.8 Å². The van der Waals surface area contributed by atoms with Gasteiger partial charge in [-0.2, -0.15) is 0 Å². The van der Waals surface area contributed by atoms with Crippen molar-refractivity contribution < 1.29 is 13.9 Å². The third-order valence-corrected chi connectivity index (χ3v) is 7.01. The summed E-state index contributed by atoms with van der Waals surface area (Å²) >= 11 is 0. The molecule has 0 bridgehead atoms. The fourth-order valence-electron chi connectivity index (χ4n) is 5.01. The minimum absolute atomic E-state index is 0.159. The van der Waals surface area contributed by atoms with Crippen LogP contribution in [0.4, 0.5) is 4.39 Å². The van der Waals surface area contributed by atoms with Gasteiger partial charge in [-0.25, -0.2) is 9.07 Å². The zero-order valence-electron chi connectivity index (χ0n) is 19.4. The van der Waals surface area contributed by atoms with Gasteiger partial charge in [0.15, 0.2) is 0 Å². The zero-order valence-corrected chi connectivity index (χ0v) is 19.4. The number of fused-ring (bicyclic) bond motifs is 2. The van der Waals surface area contributed by atoms with Crippen LogP contribution in [0.1, 0.15) is 28.6 Å². The number of carbonyl (C=O) groups is 1. The Bertz CT molecular complexity index is 1360. The largest absolute Gasteiger partial charge is 0.365 e. The molecule has 4 aromatic rings. The molecule has 35 heavy (non-hydrogen) atoms. The minimum atomic E-state index is -0.268. The molecule has 0 radical (unpaired) electrons. The number of H-pyrrole nitrogens is 1. The van der Waals surface area contributed by atoms with Gasteiger partial charge in [-0.1, -0.05) is 35.5 Å². The van der Waals surface area contributed by atoms with Crippen LogP contribution >= 0.6 is 0 Å². The van der Waals surface area contributed by atoms with Crippen LogP contribution in [0.15, 0.2) is 54.7 Å². The molecule has 1 N–H and O–H groups in total. The van der Waals surface area contributed by atoms with Gasteiger partial charge >= 0.3 is 0 Å². The zero-order chi connectivity index (χ0) is 23.8. The molecule has 0 aliphatic carbocycles. The second-order valence-electron chi connectivity index (χ2n) is 9.21. The number of amides is 1. The maximum atomic E-state index is 13.6. The quantitative estimate of drug-likeness (QED) is 0.481. The van der Waals surface area contributed by atoms with Crippen molar-refractivity contribution in [2.75, 3.05) is 26.2 Å². The topological polar surface area (TPSA) is 79.3 Å². The molecule has 8 nitrogen and oxygen atoms in total. The summed E-state index contributed by atoms with van der Waals surface area (Å²) in [5.41, 5.74) is 4.78. The summed E-state index contributed by atoms with van der Waals surface area (Å²) < 4.78 is 21.5. The van der Waals surface area contributed by atoms with Crippen LogP contribution in [0.5, 0.6) is 0 Å². The third-order valence-electron chi connectivity index (χ3n) is 7.01. The number of hydrogen-bond acceptors (Lipinski definition) is 5. The molecule has 1 atom stereocenters. The smallest absolute Gasteiger partial charge is 0.227 e. The highest BCUT2D eigenvalue weighted by Crippen LogP contribution is 2.28. The summed E-state index contributed by atoms with van der Waals surface area (Å²) in [7, 11) is 0. The lowest BCUT2D eigenvalue weighted by Crippen LogP contribution is -2.48. The standard InChI is InChI=1S/C26H27FN6O2/c27-20-5-3-4-18(12-20)25-16-33-24(17-35-25)23(29-30-33)15-31-8-10-32(11-9-31)26(34)13-19-14-28-22-7-2-1-6-21(19)22/h1-7,12,14,25,28H,8-11,13,15-17H2. The lowest BCUT2D eigenvalue weighted by Gasteiger charge is -2.34. The fourth-order valence-corrected chi connectivity index (χ4v) is 5.01. The molecule has 0 spiro atoms. The number of aromatic amines is 1. The maximum Gasteiger partial charge on any atom is 0.227 e. The molecule has 2 aromatic carbocycles. The minimum Gasteiger partial charge on any atom is -0.365 e. The van der Waals surface area contributed by atoms with Crippen molar-refractivity contribution in [2.24, 2.45) is 0 Å². The van der Waals surface area contributed by atoms with Gasteiger partial charge in [0.05, 0.1) is 25.3 Å². The Morgan fingerprint density at radius 2 is 1.97 bits per heavy atom. The molecule has 1 amide bonds. The number of nitrogens with zero attached hydrogens (tertiary/aromatic N) is 5. The van der Waals surface area contributed by atoms with E-state index in [-0.39, 0.29) is 17.8 Å². The number of aromatic nitrogens is 4. The van der Waals surface area contributed by atoms with Crippen LogP contribution < -0.4 is 0 Å². The molecule has 2 aliphatic rings. The second kappa shape index (κ2) is 9.24. The van der Waals surface area contributed by atoms with Gasteiger partial charge in [0.25, 0.3) is 0 Å². The van der Waals surface area contributed by atoms with E-state index in [9.17, 15) is 9.18 Å². The molecule has 1 fully saturated rings. The first-order chi connectivity index (χ1) is 17.1. The Morgan fingerprint density at radius 3 is 2.83 bits per heavy atom. The van der Waals surface area contributed by atoms with Crippen LogP contribution in [-0.4, -0.2) is 61.9 Å². The predicted octanol–water partition coefficient (Wildman–Crippen LogP) is 3.06. The summed E-state index contributed by atoms with van der Waals surface area (Å²) in [5, 5.41) is 9.84. The highest BCUT2D eigenvalue weighted by atomic mass is 19.1. The number of halogens is 1. The average Bonchev–Trinajstić information content (AvgIpc) is 3.48. The third kappa shape index (κ3) is 4.44. The van der Waals surface area contributed by atoms with Crippen LogP contribution in [0.3, 0.4) is 0 Å². The normalized spacial score (nSPS) is 18.7. The van der Waals surface area contributed by atoms with E-state index >= 15 is 0 Å².